The van der Waals surface area contributed by atoms with Gasteiger partial charge in [0.2, 0.25) is 0 Å². The highest BCUT2D eigenvalue weighted by atomic mass is 16.5. The van der Waals surface area contributed by atoms with Gasteiger partial charge < -0.3 is 10.1 Å². The van der Waals surface area contributed by atoms with Crippen LogP contribution >= 0.6 is 0 Å². The van der Waals surface area contributed by atoms with Crippen molar-refractivity contribution >= 4 is 0 Å². The lowest BCUT2D eigenvalue weighted by molar-refractivity contribution is 0.414. The molecule has 0 spiro atoms. The highest BCUT2D eigenvalue weighted by Gasteiger charge is 2.02. The van der Waals surface area contributed by atoms with Crippen LogP contribution in [0.25, 0.3) is 0 Å². The second kappa shape index (κ2) is 6.85. The van der Waals surface area contributed by atoms with E-state index in [2.05, 4.69) is 28.3 Å². The molecule has 0 aliphatic heterocycles. The second-order valence-electron chi connectivity index (χ2n) is 4.27. The second-order valence-corrected chi connectivity index (χ2v) is 4.27. The van der Waals surface area contributed by atoms with Crippen LogP contribution in [-0.2, 0) is 13.0 Å². The molecule has 0 saturated heterocycles. The van der Waals surface area contributed by atoms with Crippen LogP contribution in [0.3, 0.4) is 0 Å². The van der Waals surface area contributed by atoms with Crippen LogP contribution in [0.4, 0.5) is 0 Å². The number of aromatic nitrogens is 2. The first-order valence-electron chi connectivity index (χ1n) is 6.46. The molecule has 4 heteroatoms. The monoisotopic (exact) mass is 257 g/mol. The Balaban J connectivity index is 2.09. The lowest BCUT2D eigenvalue weighted by atomic mass is 10.1. The maximum Gasteiger partial charge on any atom is 0.132 e. The molecule has 0 amide bonds. The standard InChI is InChI=1S/C15H19N3O/c1-3-16-11-13-7-8-17-15(18-13)10-12-5-4-6-14(9-12)19-2/h4-9,16H,3,10-11H2,1-2H3. The van der Waals surface area contributed by atoms with Crippen LogP contribution < -0.4 is 10.1 Å². The van der Waals surface area contributed by atoms with Gasteiger partial charge >= 0.3 is 0 Å². The third-order valence-electron chi connectivity index (χ3n) is 2.82. The Bertz CT molecular complexity index is 528. The Kier molecular flexibility index (Phi) is 4.86. The van der Waals surface area contributed by atoms with Crippen molar-refractivity contribution in [1.29, 1.82) is 0 Å². The molecule has 0 bridgehead atoms. The van der Waals surface area contributed by atoms with E-state index in [9.17, 15) is 0 Å². The number of benzene rings is 1. The lowest BCUT2D eigenvalue weighted by Crippen LogP contribution is -2.13. The van der Waals surface area contributed by atoms with Crippen molar-refractivity contribution in [2.75, 3.05) is 13.7 Å². The van der Waals surface area contributed by atoms with Crippen molar-refractivity contribution in [1.82, 2.24) is 15.3 Å². The first-order chi connectivity index (χ1) is 9.31. The summed E-state index contributed by atoms with van der Waals surface area (Å²) in [4.78, 5) is 8.87. The average molecular weight is 257 g/mol. The van der Waals surface area contributed by atoms with E-state index in [-0.39, 0.29) is 0 Å². The van der Waals surface area contributed by atoms with Crippen LogP contribution in [-0.4, -0.2) is 23.6 Å². The molecule has 0 aliphatic carbocycles. The molecule has 1 aromatic carbocycles. The van der Waals surface area contributed by atoms with Gasteiger partial charge in [0.05, 0.1) is 12.8 Å². The van der Waals surface area contributed by atoms with Crippen LogP contribution in [0.2, 0.25) is 0 Å². The number of methoxy groups -OCH3 is 1. The lowest BCUT2D eigenvalue weighted by Gasteiger charge is -2.06. The fraction of sp³-hybridized carbons (Fsp3) is 0.333. The predicted octanol–water partition coefficient (Wildman–Crippen LogP) is 2.19. The van der Waals surface area contributed by atoms with Crippen LogP contribution in [0, 0.1) is 0 Å². The molecule has 1 aromatic heterocycles. The Labute approximate surface area is 113 Å². The summed E-state index contributed by atoms with van der Waals surface area (Å²) in [5, 5.41) is 3.26. The van der Waals surface area contributed by atoms with E-state index >= 15 is 0 Å². The molecular weight excluding hydrogens is 238 g/mol. The largest absolute Gasteiger partial charge is 0.497 e. The van der Waals surface area contributed by atoms with E-state index < -0.39 is 0 Å². The first-order valence-corrected chi connectivity index (χ1v) is 6.46. The van der Waals surface area contributed by atoms with Crippen LogP contribution in [0.15, 0.2) is 36.5 Å². The Morgan fingerprint density at radius 1 is 1.26 bits per heavy atom. The number of nitrogens with one attached hydrogen (secondary N) is 1. The number of nitrogens with zero attached hydrogens (tertiary/aromatic N) is 2. The van der Waals surface area contributed by atoms with Gasteiger partial charge in [-0.3, -0.25) is 0 Å². The predicted molar refractivity (Wildman–Crippen MR) is 75.2 cm³/mol. The zero-order chi connectivity index (χ0) is 13.5. The molecule has 0 saturated carbocycles. The Morgan fingerprint density at radius 3 is 2.95 bits per heavy atom. The fourth-order valence-corrected chi connectivity index (χ4v) is 1.84. The smallest absolute Gasteiger partial charge is 0.132 e. The van der Waals surface area contributed by atoms with Gasteiger partial charge in [-0.15, -0.1) is 0 Å². The van der Waals surface area contributed by atoms with E-state index in [1.54, 1.807) is 7.11 Å². The van der Waals surface area contributed by atoms with E-state index in [0.29, 0.717) is 0 Å². The molecule has 0 aliphatic rings. The van der Waals surface area contributed by atoms with Crippen molar-refractivity contribution in [3.63, 3.8) is 0 Å². The first kappa shape index (κ1) is 13.5. The number of ether oxygens (including phenoxy) is 1. The Hall–Kier alpha value is -1.94. The third-order valence-corrected chi connectivity index (χ3v) is 2.82. The summed E-state index contributed by atoms with van der Waals surface area (Å²) >= 11 is 0. The molecule has 0 unspecified atom stereocenters. The molecule has 0 fully saturated rings. The quantitative estimate of drug-likeness (QED) is 0.861. The Morgan fingerprint density at radius 2 is 2.16 bits per heavy atom. The van der Waals surface area contributed by atoms with E-state index in [0.717, 1.165) is 42.3 Å². The zero-order valence-electron chi connectivity index (χ0n) is 11.4. The highest BCUT2D eigenvalue weighted by Crippen LogP contribution is 2.14. The molecule has 1 heterocycles. The van der Waals surface area contributed by atoms with E-state index in [1.807, 2.05) is 30.5 Å². The molecule has 100 valence electrons. The molecule has 2 aromatic rings. The van der Waals surface area contributed by atoms with E-state index in [1.165, 1.54) is 0 Å². The van der Waals surface area contributed by atoms with Gasteiger partial charge in [0.25, 0.3) is 0 Å². The molecule has 0 radical (unpaired) electrons. The van der Waals surface area contributed by atoms with Crippen LogP contribution in [0.1, 0.15) is 24.0 Å². The minimum atomic E-state index is 0.719. The van der Waals surface area contributed by atoms with Gasteiger partial charge in [-0.05, 0) is 30.3 Å². The maximum atomic E-state index is 5.22. The minimum absolute atomic E-state index is 0.719. The van der Waals surface area contributed by atoms with Gasteiger partial charge in [0.1, 0.15) is 11.6 Å². The minimum Gasteiger partial charge on any atom is -0.497 e. The van der Waals surface area contributed by atoms with E-state index in [4.69, 9.17) is 4.74 Å². The number of hydrogen-bond donors (Lipinski definition) is 1. The molecule has 4 nitrogen and oxygen atoms in total. The zero-order valence-corrected chi connectivity index (χ0v) is 11.4. The summed E-state index contributed by atoms with van der Waals surface area (Å²) in [6.07, 6.45) is 2.53. The summed E-state index contributed by atoms with van der Waals surface area (Å²) in [6.45, 7) is 3.80. The third kappa shape index (κ3) is 4.03. The number of hydrogen-bond acceptors (Lipinski definition) is 4. The maximum absolute atomic E-state index is 5.22. The fourth-order valence-electron chi connectivity index (χ4n) is 1.84. The summed E-state index contributed by atoms with van der Waals surface area (Å²) in [7, 11) is 1.67. The summed E-state index contributed by atoms with van der Waals surface area (Å²) in [6, 6.07) is 9.93. The molecule has 19 heavy (non-hydrogen) atoms. The van der Waals surface area contributed by atoms with Crippen molar-refractivity contribution in [2.45, 2.75) is 19.9 Å². The van der Waals surface area contributed by atoms with Gasteiger partial charge in [-0.2, -0.15) is 0 Å². The molecule has 1 N–H and O–H groups in total. The SMILES string of the molecule is CCNCc1ccnc(Cc2cccc(OC)c2)n1. The van der Waals surface area contributed by atoms with Crippen molar-refractivity contribution in [2.24, 2.45) is 0 Å². The van der Waals surface area contributed by atoms with Crippen molar-refractivity contribution in [3.05, 3.63) is 53.6 Å². The van der Waals surface area contributed by atoms with Gasteiger partial charge in [-0.1, -0.05) is 19.1 Å². The van der Waals surface area contributed by atoms with Gasteiger partial charge in [0.15, 0.2) is 0 Å². The summed E-state index contributed by atoms with van der Waals surface area (Å²) in [5.41, 5.74) is 2.18. The van der Waals surface area contributed by atoms with Crippen molar-refractivity contribution in [3.8, 4) is 5.75 Å². The van der Waals surface area contributed by atoms with Gasteiger partial charge in [-0.25, -0.2) is 9.97 Å². The number of rotatable bonds is 6. The molecule has 2 rings (SSSR count). The summed E-state index contributed by atoms with van der Waals surface area (Å²) in [5.74, 6) is 1.70. The van der Waals surface area contributed by atoms with Crippen LogP contribution in [0.5, 0.6) is 5.75 Å². The van der Waals surface area contributed by atoms with Gasteiger partial charge in [0, 0.05) is 19.2 Å². The average Bonchev–Trinajstić information content (AvgIpc) is 2.46. The van der Waals surface area contributed by atoms with Crippen molar-refractivity contribution < 1.29 is 4.74 Å². The molecular formula is C15H19N3O. The highest BCUT2D eigenvalue weighted by molar-refractivity contribution is 5.30. The topological polar surface area (TPSA) is 47.0 Å². The normalized spacial score (nSPS) is 10.4. The summed E-state index contributed by atoms with van der Waals surface area (Å²) < 4.78 is 5.22. The molecule has 0 atom stereocenters.